The highest BCUT2D eigenvalue weighted by Crippen LogP contribution is 2.30. The molecule has 0 saturated heterocycles. The highest BCUT2D eigenvalue weighted by molar-refractivity contribution is 6.32. The number of nitro groups is 1. The third-order valence-corrected chi connectivity index (χ3v) is 4.76. The van der Waals surface area contributed by atoms with E-state index < -0.39 is 4.92 Å². The van der Waals surface area contributed by atoms with Crippen molar-refractivity contribution in [2.45, 2.75) is 19.8 Å². The van der Waals surface area contributed by atoms with Crippen LogP contribution in [-0.4, -0.2) is 23.3 Å². The highest BCUT2D eigenvalue weighted by Gasteiger charge is 2.20. The molecular formula is C20H18ClN3O4. The van der Waals surface area contributed by atoms with Gasteiger partial charge in [0, 0.05) is 37.0 Å². The molecule has 0 unspecified atom stereocenters. The first-order valence-electron chi connectivity index (χ1n) is 8.69. The number of carbonyl (C=O) groups is 2. The van der Waals surface area contributed by atoms with Gasteiger partial charge < -0.3 is 10.2 Å². The van der Waals surface area contributed by atoms with Crippen molar-refractivity contribution in [2.75, 3.05) is 16.8 Å². The van der Waals surface area contributed by atoms with Crippen LogP contribution in [0.3, 0.4) is 0 Å². The number of hydrogen-bond acceptors (Lipinski definition) is 4. The summed E-state index contributed by atoms with van der Waals surface area (Å²) in [5.74, 6) is -0.366. The normalized spacial score (nSPS) is 13.3. The zero-order valence-corrected chi connectivity index (χ0v) is 15.9. The second kappa shape index (κ2) is 8.22. The van der Waals surface area contributed by atoms with Gasteiger partial charge in [0.2, 0.25) is 11.8 Å². The largest absolute Gasteiger partial charge is 0.323 e. The summed E-state index contributed by atoms with van der Waals surface area (Å²) in [5, 5.41) is 13.7. The van der Waals surface area contributed by atoms with Crippen LogP contribution in [0.5, 0.6) is 0 Å². The highest BCUT2D eigenvalue weighted by atomic mass is 35.5. The number of aryl methyl sites for hydroxylation is 1. The molecule has 0 atom stereocenters. The minimum Gasteiger partial charge on any atom is -0.323 e. The van der Waals surface area contributed by atoms with Gasteiger partial charge in [-0.1, -0.05) is 17.7 Å². The van der Waals surface area contributed by atoms with Gasteiger partial charge in [-0.05, 0) is 54.3 Å². The van der Waals surface area contributed by atoms with Crippen LogP contribution in [-0.2, 0) is 16.0 Å². The molecule has 0 aromatic heterocycles. The van der Waals surface area contributed by atoms with Gasteiger partial charge in [-0.25, -0.2) is 0 Å². The van der Waals surface area contributed by atoms with E-state index in [0.29, 0.717) is 17.8 Å². The van der Waals surface area contributed by atoms with Gasteiger partial charge in [-0.2, -0.15) is 0 Å². The summed E-state index contributed by atoms with van der Waals surface area (Å²) in [7, 11) is 0. The molecule has 0 saturated carbocycles. The molecule has 144 valence electrons. The summed E-state index contributed by atoms with van der Waals surface area (Å²) >= 11 is 5.78. The molecule has 2 aromatic carbocycles. The maximum atomic E-state index is 12.2. The molecule has 0 aliphatic carbocycles. The molecule has 0 fully saturated rings. The van der Waals surface area contributed by atoms with E-state index in [4.69, 9.17) is 11.6 Å². The molecule has 1 heterocycles. The molecule has 3 rings (SSSR count). The lowest BCUT2D eigenvalue weighted by Crippen LogP contribution is -2.33. The smallest absolute Gasteiger partial charge is 0.288 e. The second-order valence-corrected chi connectivity index (χ2v) is 6.82. The van der Waals surface area contributed by atoms with E-state index in [2.05, 4.69) is 5.32 Å². The van der Waals surface area contributed by atoms with Crippen molar-refractivity contribution in [3.8, 4) is 0 Å². The lowest BCUT2D eigenvalue weighted by molar-refractivity contribution is -0.384. The summed E-state index contributed by atoms with van der Waals surface area (Å²) in [6.45, 7) is 2.24. The Morgan fingerprint density at radius 1 is 1.25 bits per heavy atom. The van der Waals surface area contributed by atoms with E-state index in [0.717, 1.165) is 24.1 Å². The van der Waals surface area contributed by atoms with Crippen LogP contribution in [0.4, 0.5) is 17.1 Å². The molecule has 1 aliphatic rings. The van der Waals surface area contributed by atoms with E-state index in [1.807, 2.05) is 12.1 Å². The Balaban J connectivity index is 1.72. The third kappa shape index (κ3) is 4.37. The average Bonchev–Trinajstić information content (AvgIpc) is 2.66. The molecule has 1 aliphatic heterocycles. The number of nitro benzene ring substituents is 1. The average molecular weight is 400 g/mol. The molecule has 0 radical (unpaired) electrons. The zero-order chi connectivity index (χ0) is 20.3. The van der Waals surface area contributed by atoms with E-state index >= 15 is 0 Å². The van der Waals surface area contributed by atoms with Crippen LogP contribution in [0, 0.1) is 10.1 Å². The van der Waals surface area contributed by atoms with E-state index in [-0.39, 0.29) is 22.5 Å². The van der Waals surface area contributed by atoms with Crippen LogP contribution in [0.2, 0.25) is 5.02 Å². The Morgan fingerprint density at radius 3 is 2.75 bits per heavy atom. The number of benzene rings is 2. The Bertz CT molecular complexity index is 987. The fourth-order valence-electron chi connectivity index (χ4n) is 3.13. The van der Waals surface area contributed by atoms with Gasteiger partial charge in [-0.3, -0.25) is 19.7 Å². The van der Waals surface area contributed by atoms with Crippen molar-refractivity contribution in [3.63, 3.8) is 0 Å². The predicted molar refractivity (Wildman–Crippen MR) is 109 cm³/mol. The molecule has 1 N–H and O–H groups in total. The van der Waals surface area contributed by atoms with Crippen LogP contribution < -0.4 is 10.2 Å². The van der Waals surface area contributed by atoms with Crippen LogP contribution in [0.1, 0.15) is 24.5 Å². The van der Waals surface area contributed by atoms with Crippen LogP contribution >= 0.6 is 11.6 Å². The topological polar surface area (TPSA) is 92.6 Å². The van der Waals surface area contributed by atoms with Crippen molar-refractivity contribution in [2.24, 2.45) is 0 Å². The summed E-state index contributed by atoms with van der Waals surface area (Å²) in [5.41, 5.74) is 2.79. The first-order valence-corrected chi connectivity index (χ1v) is 9.07. The fourth-order valence-corrected chi connectivity index (χ4v) is 3.32. The van der Waals surface area contributed by atoms with Gasteiger partial charge in [0.25, 0.3) is 5.69 Å². The van der Waals surface area contributed by atoms with E-state index in [9.17, 15) is 19.7 Å². The minimum atomic E-state index is -0.572. The van der Waals surface area contributed by atoms with Crippen LogP contribution in [0.15, 0.2) is 42.5 Å². The molecule has 0 spiro atoms. The Labute approximate surface area is 166 Å². The molecule has 2 amide bonds. The van der Waals surface area contributed by atoms with Gasteiger partial charge in [0.15, 0.2) is 0 Å². The van der Waals surface area contributed by atoms with Crippen molar-refractivity contribution < 1.29 is 14.5 Å². The molecular weight excluding hydrogens is 382 g/mol. The van der Waals surface area contributed by atoms with Gasteiger partial charge in [-0.15, -0.1) is 0 Å². The molecule has 0 bridgehead atoms. The van der Waals surface area contributed by atoms with Crippen molar-refractivity contribution in [1.82, 2.24) is 0 Å². The number of rotatable bonds is 4. The zero-order valence-electron chi connectivity index (χ0n) is 15.1. The first-order chi connectivity index (χ1) is 13.3. The molecule has 8 heteroatoms. The fraction of sp³-hybridized carbons (Fsp3) is 0.200. The molecule has 28 heavy (non-hydrogen) atoms. The number of halogens is 1. The number of nitrogens with zero attached hydrogens (tertiary/aromatic N) is 2. The summed E-state index contributed by atoms with van der Waals surface area (Å²) in [6.07, 6.45) is 4.50. The molecule has 7 nitrogen and oxygen atoms in total. The van der Waals surface area contributed by atoms with Crippen LogP contribution in [0.25, 0.3) is 6.08 Å². The number of hydrogen-bond donors (Lipinski definition) is 1. The number of amides is 2. The number of carbonyl (C=O) groups excluding carboxylic acids is 2. The van der Waals surface area contributed by atoms with E-state index in [1.54, 1.807) is 17.0 Å². The maximum Gasteiger partial charge on any atom is 0.288 e. The Hall–Kier alpha value is -3.19. The van der Waals surface area contributed by atoms with Gasteiger partial charge >= 0.3 is 0 Å². The predicted octanol–water partition coefficient (Wildman–Crippen LogP) is 4.20. The number of fused-ring (bicyclic) bond motifs is 1. The summed E-state index contributed by atoms with van der Waals surface area (Å²) in [6, 6.07) is 9.76. The lowest BCUT2D eigenvalue weighted by atomic mass is 10.0. The molecule has 2 aromatic rings. The first kappa shape index (κ1) is 19.6. The van der Waals surface area contributed by atoms with Gasteiger partial charge in [0.1, 0.15) is 5.02 Å². The van der Waals surface area contributed by atoms with Crippen molar-refractivity contribution >= 4 is 46.6 Å². The maximum absolute atomic E-state index is 12.2. The number of nitrogens with one attached hydrogen (secondary N) is 1. The Morgan fingerprint density at radius 2 is 2.04 bits per heavy atom. The quantitative estimate of drug-likeness (QED) is 0.473. The van der Waals surface area contributed by atoms with Crippen molar-refractivity contribution in [1.29, 1.82) is 0 Å². The summed E-state index contributed by atoms with van der Waals surface area (Å²) in [4.78, 5) is 36.0. The standard InChI is InChI=1S/C20H18ClN3O4/c1-13(25)23-10-2-3-15-12-16(6-8-18(15)23)22-20(26)9-5-14-4-7-17(21)19(11-14)24(27)28/h4-9,11-12H,2-3,10H2,1H3,(H,22,26)/b9-5+. The second-order valence-electron chi connectivity index (χ2n) is 6.41. The Kier molecular flexibility index (Phi) is 5.75. The number of anilines is 2. The third-order valence-electron chi connectivity index (χ3n) is 4.44. The SMILES string of the molecule is CC(=O)N1CCCc2cc(NC(=O)/C=C/c3ccc(Cl)c([N+](=O)[O-])c3)ccc21. The van der Waals surface area contributed by atoms with Gasteiger partial charge in [0.05, 0.1) is 4.92 Å². The minimum absolute atomic E-state index is 0.00210. The monoisotopic (exact) mass is 399 g/mol. The van der Waals surface area contributed by atoms with Crippen molar-refractivity contribution in [3.05, 3.63) is 68.7 Å². The van der Waals surface area contributed by atoms with E-state index in [1.165, 1.54) is 31.2 Å². The summed E-state index contributed by atoms with van der Waals surface area (Å²) < 4.78 is 0. The lowest BCUT2D eigenvalue weighted by Gasteiger charge is -2.28.